The van der Waals surface area contributed by atoms with Gasteiger partial charge in [0, 0.05) is 0 Å². The number of hydrogen-bond donors (Lipinski definition) is 1. The number of likely N-dealkylation sites (tertiary alicyclic amines) is 1. The number of hydrogen-bond acceptors (Lipinski definition) is 4. The van der Waals surface area contributed by atoms with Crippen molar-refractivity contribution in [1.29, 1.82) is 0 Å². The van der Waals surface area contributed by atoms with Crippen molar-refractivity contribution in [2.45, 2.75) is 30.8 Å². The molecule has 0 radical (unpaired) electrons. The lowest BCUT2D eigenvalue weighted by molar-refractivity contribution is 0.281. The van der Waals surface area contributed by atoms with E-state index in [1.54, 1.807) is 24.3 Å². The highest BCUT2D eigenvalue weighted by Gasteiger charge is 2.16. The van der Waals surface area contributed by atoms with Crippen molar-refractivity contribution >= 4 is 9.84 Å². The smallest absolute Gasteiger partial charge is 0.178 e. The van der Waals surface area contributed by atoms with E-state index in [0.29, 0.717) is 16.9 Å². The van der Waals surface area contributed by atoms with Crippen molar-refractivity contribution < 1.29 is 13.5 Å². The Labute approximate surface area is 115 Å². The van der Waals surface area contributed by atoms with Gasteiger partial charge in [-0.15, -0.1) is 0 Å². The van der Waals surface area contributed by atoms with Gasteiger partial charge in [0.05, 0.1) is 17.3 Å². The van der Waals surface area contributed by atoms with Crippen molar-refractivity contribution in [1.82, 2.24) is 4.90 Å². The Kier molecular flexibility index (Phi) is 4.96. The van der Waals surface area contributed by atoms with Crippen molar-refractivity contribution in [3.8, 4) is 0 Å². The molecule has 0 spiro atoms. The molecule has 1 aliphatic heterocycles. The van der Waals surface area contributed by atoms with E-state index in [1.807, 2.05) is 0 Å². The maximum Gasteiger partial charge on any atom is 0.178 e. The third-order valence-electron chi connectivity index (χ3n) is 3.53. The van der Waals surface area contributed by atoms with Gasteiger partial charge in [-0.25, -0.2) is 8.42 Å². The molecule has 1 aromatic rings. The minimum atomic E-state index is -3.22. The molecule has 1 saturated heterocycles. The van der Waals surface area contributed by atoms with Gasteiger partial charge in [0.2, 0.25) is 0 Å². The Morgan fingerprint density at radius 1 is 1.21 bits per heavy atom. The number of aliphatic hydroxyl groups is 1. The molecule has 5 heteroatoms. The molecule has 4 nitrogen and oxygen atoms in total. The van der Waals surface area contributed by atoms with Crippen LogP contribution in [0.5, 0.6) is 0 Å². The predicted molar refractivity (Wildman–Crippen MR) is 74.7 cm³/mol. The second kappa shape index (κ2) is 6.50. The summed E-state index contributed by atoms with van der Waals surface area (Å²) >= 11 is 0. The Morgan fingerprint density at radius 2 is 1.95 bits per heavy atom. The van der Waals surface area contributed by atoms with Crippen LogP contribution in [0.15, 0.2) is 29.2 Å². The normalized spacial score (nSPS) is 16.9. The minimum Gasteiger partial charge on any atom is -0.392 e. The first-order valence-electron chi connectivity index (χ1n) is 6.77. The molecule has 0 aliphatic carbocycles. The van der Waals surface area contributed by atoms with E-state index in [2.05, 4.69) is 4.90 Å². The molecule has 0 amide bonds. The van der Waals surface area contributed by atoms with E-state index >= 15 is 0 Å². The van der Waals surface area contributed by atoms with Crippen molar-refractivity contribution in [3.05, 3.63) is 29.8 Å². The van der Waals surface area contributed by atoms with Crippen LogP contribution >= 0.6 is 0 Å². The first kappa shape index (κ1) is 14.5. The molecular weight excluding hydrogens is 262 g/mol. The van der Waals surface area contributed by atoms with Crippen LogP contribution in [0.2, 0.25) is 0 Å². The van der Waals surface area contributed by atoms with Crippen LogP contribution in [0.1, 0.15) is 24.8 Å². The third kappa shape index (κ3) is 4.03. The van der Waals surface area contributed by atoms with Gasteiger partial charge in [-0.3, -0.25) is 0 Å². The second-order valence-corrected chi connectivity index (χ2v) is 7.14. The molecule has 0 saturated carbocycles. The van der Waals surface area contributed by atoms with Gasteiger partial charge < -0.3 is 10.0 Å². The predicted octanol–water partition coefficient (Wildman–Crippen LogP) is 1.44. The maximum absolute atomic E-state index is 12.2. The Bertz CT molecular complexity index is 507. The van der Waals surface area contributed by atoms with Crippen LogP contribution in [0.4, 0.5) is 0 Å². The number of benzene rings is 1. The largest absolute Gasteiger partial charge is 0.392 e. The fourth-order valence-electron chi connectivity index (χ4n) is 2.44. The molecule has 1 fully saturated rings. The monoisotopic (exact) mass is 283 g/mol. The van der Waals surface area contributed by atoms with Gasteiger partial charge in [-0.05, 0) is 56.6 Å². The summed E-state index contributed by atoms with van der Waals surface area (Å²) in [5, 5.41) is 9.05. The summed E-state index contributed by atoms with van der Waals surface area (Å²) < 4.78 is 24.3. The van der Waals surface area contributed by atoms with Crippen molar-refractivity contribution in [3.63, 3.8) is 0 Å². The number of aliphatic hydroxyl groups excluding tert-OH is 1. The van der Waals surface area contributed by atoms with Crippen LogP contribution in [0.25, 0.3) is 0 Å². The van der Waals surface area contributed by atoms with Gasteiger partial charge >= 0.3 is 0 Å². The second-order valence-electron chi connectivity index (χ2n) is 5.03. The lowest BCUT2D eigenvalue weighted by atomic mass is 10.2. The first-order chi connectivity index (χ1) is 9.12. The molecule has 1 heterocycles. The quantitative estimate of drug-likeness (QED) is 0.858. The zero-order chi connectivity index (χ0) is 13.7. The third-order valence-corrected chi connectivity index (χ3v) is 5.32. The van der Waals surface area contributed by atoms with E-state index in [0.717, 1.165) is 19.6 Å². The Morgan fingerprint density at radius 3 is 2.63 bits per heavy atom. The topological polar surface area (TPSA) is 57.6 Å². The van der Waals surface area contributed by atoms with Gasteiger partial charge in [0.1, 0.15) is 0 Å². The minimum absolute atomic E-state index is 0.128. The summed E-state index contributed by atoms with van der Waals surface area (Å²) in [6, 6.07) is 6.57. The van der Waals surface area contributed by atoms with Crippen molar-refractivity contribution in [2.24, 2.45) is 0 Å². The number of sulfone groups is 1. The Balaban J connectivity index is 1.93. The van der Waals surface area contributed by atoms with Gasteiger partial charge in [0.15, 0.2) is 9.84 Å². The van der Waals surface area contributed by atoms with E-state index < -0.39 is 9.84 Å². The summed E-state index contributed by atoms with van der Waals surface area (Å²) in [6.07, 6.45) is 3.13. The Hall–Kier alpha value is -0.910. The fraction of sp³-hybridized carbons (Fsp3) is 0.571. The molecule has 19 heavy (non-hydrogen) atoms. The molecular formula is C14H21NO3S. The highest BCUT2D eigenvalue weighted by Crippen LogP contribution is 2.15. The van der Waals surface area contributed by atoms with E-state index in [1.165, 1.54) is 12.8 Å². The highest BCUT2D eigenvalue weighted by molar-refractivity contribution is 7.91. The highest BCUT2D eigenvalue weighted by atomic mass is 32.2. The van der Waals surface area contributed by atoms with E-state index in [-0.39, 0.29) is 12.4 Å². The molecule has 106 valence electrons. The van der Waals surface area contributed by atoms with Crippen LogP contribution in [-0.2, 0) is 16.4 Å². The fourth-order valence-corrected chi connectivity index (χ4v) is 3.80. The molecule has 0 aromatic heterocycles. The zero-order valence-corrected chi connectivity index (χ0v) is 11.9. The zero-order valence-electron chi connectivity index (χ0n) is 11.1. The van der Waals surface area contributed by atoms with Gasteiger partial charge in [-0.1, -0.05) is 12.1 Å². The SMILES string of the molecule is O=S(=O)(CCCN1CCCC1)c1cccc(CO)c1. The lowest BCUT2D eigenvalue weighted by Gasteiger charge is -2.14. The van der Waals surface area contributed by atoms with Crippen LogP contribution in [0, 0.1) is 0 Å². The lowest BCUT2D eigenvalue weighted by Crippen LogP contribution is -2.22. The van der Waals surface area contributed by atoms with Crippen molar-refractivity contribution in [2.75, 3.05) is 25.4 Å². The summed E-state index contributed by atoms with van der Waals surface area (Å²) in [6.45, 7) is 2.93. The molecule has 0 atom stereocenters. The summed E-state index contributed by atoms with van der Waals surface area (Å²) in [7, 11) is -3.22. The summed E-state index contributed by atoms with van der Waals surface area (Å²) in [4.78, 5) is 2.64. The first-order valence-corrected chi connectivity index (χ1v) is 8.42. The number of rotatable bonds is 6. The summed E-state index contributed by atoms with van der Waals surface area (Å²) in [5.74, 6) is 0.179. The van der Waals surface area contributed by atoms with E-state index in [9.17, 15) is 8.42 Å². The average molecular weight is 283 g/mol. The van der Waals surface area contributed by atoms with Crippen LogP contribution in [-0.4, -0.2) is 43.8 Å². The number of nitrogens with zero attached hydrogens (tertiary/aromatic N) is 1. The molecule has 1 aromatic carbocycles. The standard InChI is InChI=1S/C14H21NO3S/c16-12-13-5-3-6-14(11-13)19(17,18)10-4-9-15-7-1-2-8-15/h3,5-6,11,16H,1-2,4,7-10,12H2. The van der Waals surface area contributed by atoms with Crippen LogP contribution < -0.4 is 0 Å². The van der Waals surface area contributed by atoms with Crippen LogP contribution in [0.3, 0.4) is 0 Å². The molecule has 1 aliphatic rings. The maximum atomic E-state index is 12.2. The van der Waals surface area contributed by atoms with Gasteiger partial charge in [0.25, 0.3) is 0 Å². The van der Waals surface area contributed by atoms with Gasteiger partial charge in [-0.2, -0.15) is 0 Å². The van der Waals surface area contributed by atoms with E-state index in [4.69, 9.17) is 5.11 Å². The average Bonchev–Trinajstić information content (AvgIpc) is 2.92. The molecule has 1 N–H and O–H groups in total. The molecule has 0 bridgehead atoms. The molecule has 2 rings (SSSR count). The molecule has 0 unspecified atom stereocenters. The summed E-state index contributed by atoms with van der Waals surface area (Å²) in [5.41, 5.74) is 0.639.